The molecule has 0 spiro atoms. The van der Waals surface area contributed by atoms with Crippen LogP contribution in [0.2, 0.25) is 0 Å². The van der Waals surface area contributed by atoms with Crippen LogP contribution >= 0.6 is 0 Å². The summed E-state index contributed by atoms with van der Waals surface area (Å²) in [5.41, 5.74) is 5.50. The van der Waals surface area contributed by atoms with E-state index in [9.17, 15) is 19.5 Å². The molecule has 2 amide bonds. The molecule has 1 saturated heterocycles. The van der Waals surface area contributed by atoms with Gasteiger partial charge in [-0.05, 0) is 61.8 Å². The van der Waals surface area contributed by atoms with Crippen molar-refractivity contribution in [2.24, 2.45) is 0 Å². The summed E-state index contributed by atoms with van der Waals surface area (Å²) in [5.74, 6) is -1.48. The van der Waals surface area contributed by atoms with Crippen LogP contribution < -0.4 is 5.32 Å². The Morgan fingerprint density at radius 1 is 1.06 bits per heavy atom. The first-order chi connectivity index (χ1) is 16.9. The van der Waals surface area contributed by atoms with Gasteiger partial charge in [0.1, 0.15) is 18.7 Å². The lowest BCUT2D eigenvalue weighted by Crippen LogP contribution is -2.55. The molecular weight excluding hydrogens is 444 g/mol. The molecule has 2 aromatic rings. The van der Waals surface area contributed by atoms with Crippen LogP contribution in [0.5, 0.6) is 0 Å². The first-order valence-electron chi connectivity index (χ1n) is 12.1. The van der Waals surface area contributed by atoms with Gasteiger partial charge in [0.2, 0.25) is 5.91 Å². The number of piperidine rings is 1. The summed E-state index contributed by atoms with van der Waals surface area (Å²) < 4.78 is 5.63. The number of hydrogen-bond acceptors (Lipinski definition) is 4. The zero-order valence-corrected chi connectivity index (χ0v) is 20.2. The number of fused-ring (bicyclic) bond motifs is 3. The number of nitrogens with one attached hydrogen (secondary N) is 1. The minimum Gasteiger partial charge on any atom is -0.480 e. The highest BCUT2D eigenvalue weighted by Crippen LogP contribution is 2.44. The molecule has 2 atom stereocenters. The molecule has 0 saturated carbocycles. The summed E-state index contributed by atoms with van der Waals surface area (Å²) in [7, 11) is 0. The molecule has 2 aromatic carbocycles. The summed E-state index contributed by atoms with van der Waals surface area (Å²) in [4.78, 5) is 39.3. The van der Waals surface area contributed by atoms with Gasteiger partial charge in [-0.1, -0.05) is 60.2 Å². The van der Waals surface area contributed by atoms with Gasteiger partial charge < -0.3 is 20.1 Å². The Kier molecular flexibility index (Phi) is 7.54. The number of allylic oxidation sites excluding steroid dienone is 1. The largest absolute Gasteiger partial charge is 0.480 e. The van der Waals surface area contributed by atoms with Crippen LogP contribution in [0.1, 0.15) is 56.6 Å². The van der Waals surface area contributed by atoms with Crippen molar-refractivity contribution in [3.05, 3.63) is 71.3 Å². The van der Waals surface area contributed by atoms with Crippen LogP contribution in [0.25, 0.3) is 11.1 Å². The minimum absolute atomic E-state index is 0.0847. The standard InChI is InChI=1S/C28H32N2O5/c1-18(2)14-15-24(26(31)30-16-8-7-13-25(30)27(32)33)29-28(34)35-17-23-21-11-5-3-9-19(21)20-10-4-6-12-22(20)23/h3-6,9-12,14,23-25H,7-8,13,15-17H2,1-2H3,(H,29,34)(H,32,33)/t24?,25-/m1/s1. The molecule has 7 heteroatoms. The third-order valence-corrected chi connectivity index (χ3v) is 6.77. The molecule has 0 aromatic heterocycles. The number of benzene rings is 2. The van der Waals surface area contributed by atoms with E-state index in [4.69, 9.17) is 4.74 Å². The van der Waals surface area contributed by atoms with E-state index >= 15 is 0 Å². The fourth-order valence-electron chi connectivity index (χ4n) is 5.01. The second-order valence-corrected chi connectivity index (χ2v) is 9.42. The van der Waals surface area contributed by atoms with Crippen molar-refractivity contribution < 1.29 is 24.2 Å². The van der Waals surface area contributed by atoms with Gasteiger partial charge in [0.25, 0.3) is 0 Å². The van der Waals surface area contributed by atoms with E-state index in [2.05, 4.69) is 17.4 Å². The smallest absolute Gasteiger partial charge is 0.407 e. The molecular formula is C28H32N2O5. The van der Waals surface area contributed by atoms with Gasteiger partial charge in [0.15, 0.2) is 0 Å². The summed E-state index contributed by atoms with van der Waals surface area (Å²) in [5, 5.41) is 12.3. The number of hydrogen-bond donors (Lipinski definition) is 2. The predicted molar refractivity (Wildman–Crippen MR) is 133 cm³/mol. The molecule has 2 N–H and O–H groups in total. The molecule has 1 heterocycles. The van der Waals surface area contributed by atoms with E-state index < -0.39 is 24.1 Å². The number of rotatable bonds is 7. The van der Waals surface area contributed by atoms with Crippen molar-refractivity contribution in [2.75, 3.05) is 13.2 Å². The van der Waals surface area contributed by atoms with E-state index in [1.807, 2.05) is 56.3 Å². The van der Waals surface area contributed by atoms with Gasteiger partial charge >= 0.3 is 12.1 Å². The number of carboxylic acids is 1. The maximum atomic E-state index is 13.3. The number of ether oxygens (including phenoxy) is 1. The molecule has 0 radical (unpaired) electrons. The molecule has 184 valence electrons. The lowest BCUT2D eigenvalue weighted by Gasteiger charge is -2.35. The summed E-state index contributed by atoms with van der Waals surface area (Å²) in [6, 6.07) is 14.4. The van der Waals surface area contributed by atoms with Crippen LogP contribution in [0.15, 0.2) is 60.2 Å². The highest BCUT2D eigenvalue weighted by Gasteiger charge is 2.36. The number of carboxylic acid groups (broad SMARTS) is 1. The molecule has 1 aliphatic carbocycles. The van der Waals surface area contributed by atoms with Crippen LogP contribution in [-0.2, 0) is 14.3 Å². The zero-order valence-electron chi connectivity index (χ0n) is 20.2. The Labute approximate surface area is 205 Å². The van der Waals surface area contributed by atoms with Crippen molar-refractivity contribution in [1.82, 2.24) is 10.2 Å². The lowest BCUT2D eigenvalue weighted by molar-refractivity contribution is -0.152. The number of alkyl carbamates (subject to hydrolysis) is 1. The van der Waals surface area contributed by atoms with E-state index in [1.54, 1.807) is 0 Å². The normalized spacial score (nSPS) is 17.7. The van der Waals surface area contributed by atoms with Crippen LogP contribution in [0.4, 0.5) is 4.79 Å². The summed E-state index contributed by atoms with van der Waals surface area (Å²) in [6.07, 6.45) is 3.38. The van der Waals surface area contributed by atoms with Crippen molar-refractivity contribution in [1.29, 1.82) is 0 Å². The van der Waals surface area contributed by atoms with E-state index in [0.29, 0.717) is 13.0 Å². The molecule has 35 heavy (non-hydrogen) atoms. The van der Waals surface area contributed by atoms with Crippen molar-refractivity contribution in [3.63, 3.8) is 0 Å². The van der Waals surface area contributed by atoms with Gasteiger partial charge in [0.05, 0.1) is 0 Å². The Morgan fingerprint density at radius 3 is 2.29 bits per heavy atom. The molecule has 1 unspecified atom stereocenters. The molecule has 4 rings (SSSR count). The average molecular weight is 477 g/mol. The first kappa shape index (κ1) is 24.5. The average Bonchev–Trinajstić information content (AvgIpc) is 3.18. The number of amides is 2. The van der Waals surface area contributed by atoms with Crippen molar-refractivity contribution in [2.45, 2.75) is 57.5 Å². The Bertz CT molecular complexity index is 1090. The quantitative estimate of drug-likeness (QED) is 0.564. The minimum atomic E-state index is -1.01. The predicted octanol–water partition coefficient (Wildman–Crippen LogP) is 4.72. The zero-order chi connectivity index (χ0) is 24.9. The Morgan fingerprint density at radius 2 is 1.69 bits per heavy atom. The lowest BCUT2D eigenvalue weighted by atomic mass is 9.98. The molecule has 1 aliphatic heterocycles. The number of aliphatic carboxylic acids is 1. The fourth-order valence-corrected chi connectivity index (χ4v) is 5.01. The van der Waals surface area contributed by atoms with Gasteiger partial charge in [0, 0.05) is 12.5 Å². The van der Waals surface area contributed by atoms with E-state index in [1.165, 1.54) is 4.90 Å². The van der Waals surface area contributed by atoms with E-state index in [-0.39, 0.29) is 24.9 Å². The second kappa shape index (κ2) is 10.8. The topological polar surface area (TPSA) is 95.9 Å². The monoisotopic (exact) mass is 476 g/mol. The maximum absolute atomic E-state index is 13.3. The number of carbonyl (C=O) groups excluding carboxylic acids is 2. The molecule has 1 fully saturated rings. The second-order valence-electron chi connectivity index (χ2n) is 9.42. The van der Waals surface area contributed by atoms with Gasteiger partial charge in [-0.15, -0.1) is 0 Å². The fraction of sp³-hybridized carbons (Fsp3) is 0.393. The number of nitrogens with zero attached hydrogens (tertiary/aromatic N) is 1. The highest BCUT2D eigenvalue weighted by atomic mass is 16.5. The molecule has 7 nitrogen and oxygen atoms in total. The maximum Gasteiger partial charge on any atom is 0.407 e. The van der Waals surface area contributed by atoms with Gasteiger partial charge in [-0.2, -0.15) is 0 Å². The van der Waals surface area contributed by atoms with E-state index in [0.717, 1.165) is 40.7 Å². The van der Waals surface area contributed by atoms with Gasteiger partial charge in [-0.3, -0.25) is 4.79 Å². The number of likely N-dealkylation sites (tertiary alicyclic amines) is 1. The Hall–Kier alpha value is -3.61. The van der Waals surface area contributed by atoms with Crippen LogP contribution in [0.3, 0.4) is 0 Å². The summed E-state index contributed by atoms with van der Waals surface area (Å²) >= 11 is 0. The van der Waals surface area contributed by atoms with Gasteiger partial charge in [-0.25, -0.2) is 9.59 Å². The van der Waals surface area contributed by atoms with Crippen LogP contribution in [-0.4, -0.2) is 53.2 Å². The van der Waals surface area contributed by atoms with Crippen LogP contribution in [0, 0.1) is 0 Å². The highest BCUT2D eigenvalue weighted by molar-refractivity contribution is 5.89. The first-order valence-corrected chi connectivity index (χ1v) is 12.1. The SMILES string of the molecule is CC(C)=CCC(NC(=O)OCC1c2ccccc2-c2ccccc21)C(=O)N1CCCC[C@@H]1C(=O)O. The number of carbonyl (C=O) groups is 3. The molecule has 2 aliphatic rings. The summed E-state index contributed by atoms with van der Waals surface area (Å²) in [6.45, 7) is 4.34. The molecule has 0 bridgehead atoms. The third kappa shape index (κ3) is 5.39. The van der Waals surface area contributed by atoms with Crippen molar-refractivity contribution in [3.8, 4) is 11.1 Å². The Balaban J connectivity index is 1.46. The van der Waals surface area contributed by atoms with Crippen molar-refractivity contribution >= 4 is 18.0 Å². The third-order valence-electron chi connectivity index (χ3n) is 6.77.